The van der Waals surface area contributed by atoms with Crippen molar-refractivity contribution >= 4 is 18.3 Å². The number of hydrogen-bond donors (Lipinski definition) is 4. The Balaban J connectivity index is 1.50. The van der Waals surface area contributed by atoms with E-state index in [1.807, 2.05) is 6.07 Å². The minimum Gasteiger partial charge on any atom is -0.385 e. The fourth-order valence-electron chi connectivity index (χ4n) is 2.65. The maximum atomic E-state index is 4.34. The summed E-state index contributed by atoms with van der Waals surface area (Å²) < 4.78 is 0. The van der Waals surface area contributed by atoms with Gasteiger partial charge in [0.15, 0.2) is 0 Å². The van der Waals surface area contributed by atoms with Gasteiger partial charge in [-0.05, 0) is 69.5 Å². The number of benzene rings is 1. The fraction of sp³-hybridized carbons (Fsp3) is 0.625. The molecule has 1 fully saturated rings. The molecule has 1 heterocycles. The first-order chi connectivity index (χ1) is 9.75. The fourth-order valence-corrected chi connectivity index (χ4v) is 2.92. The number of nitrogens with one attached hydrogen (secondary N) is 3. The van der Waals surface area contributed by atoms with Crippen LogP contribution in [0, 0.1) is 6.92 Å². The Labute approximate surface area is 128 Å². The van der Waals surface area contributed by atoms with Crippen LogP contribution in [0.5, 0.6) is 0 Å². The zero-order valence-corrected chi connectivity index (χ0v) is 13.3. The minimum atomic E-state index is 0.704. The molecule has 0 amide bonds. The van der Waals surface area contributed by atoms with Crippen LogP contribution in [-0.2, 0) is 0 Å². The lowest BCUT2D eigenvalue weighted by Gasteiger charge is -2.12. The zero-order chi connectivity index (χ0) is 14.2. The summed E-state index contributed by atoms with van der Waals surface area (Å²) in [5, 5.41) is 10.6. The predicted molar refractivity (Wildman–Crippen MR) is 90.0 cm³/mol. The molecule has 0 saturated carbocycles. The number of hydrogen-bond acceptors (Lipinski definition) is 4. The molecular formula is C16H27N3S. The highest BCUT2D eigenvalue weighted by Crippen LogP contribution is 2.18. The standard InChI is InChI=1S/C16H27N3S/c1-13-11-15(20)6-7-16(13)19-9-3-2-8-17-12-14-5-4-10-18-14/h6-7,11,14,17-20H,2-5,8-10,12H2,1H3/t14-/m0/s1. The summed E-state index contributed by atoms with van der Waals surface area (Å²) >= 11 is 4.34. The van der Waals surface area contributed by atoms with Gasteiger partial charge in [0.25, 0.3) is 0 Å². The molecule has 4 heteroatoms. The molecule has 0 spiro atoms. The van der Waals surface area contributed by atoms with Crippen LogP contribution in [0.4, 0.5) is 5.69 Å². The topological polar surface area (TPSA) is 36.1 Å². The van der Waals surface area contributed by atoms with E-state index in [-0.39, 0.29) is 0 Å². The van der Waals surface area contributed by atoms with Crippen molar-refractivity contribution in [1.82, 2.24) is 10.6 Å². The van der Waals surface area contributed by atoms with Gasteiger partial charge in [-0.3, -0.25) is 0 Å². The molecule has 1 saturated heterocycles. The molecule has 112 valence electrons. The number of anilines is 1. The molecule has 0 bridgehead atoms. The smallest absolute Gasteiger partial charge is 0.0370 e. The van der Waals surface area contributed by atoms with Gasteiger partial charge in [-0.25, -0.2) is 0 Å². The maximum absolute atomic E-state index is 4.34. The van der Waals surface area contributed by atoms with Crippen molar-refractivity contribution in [2.75, 3.05) is 31.5 Å². The second-order valence-electron chi connectivity index (χ2n) is 5.63. The molecule has 0 unspecified atom stereocenters. The molecule has 3 N–H and O–H groups in total. The molecule has 1 aromatic rings. The number of thiol groups is 1. The van der Waals surface area contributed by atoms with Gasteiger partial charge in [-0.2, -0.15) is 0 Å². The monoisotopic (exact) mass is 293 g/mol. The summed E-state index contributed by atoms with van der Waals surface area (Å²) in [5.41, 5.74) is 2.49. The van der Waals surface area contributed by atoms with Gasteiger partial charge in [0.05, 0.1) is 0 Å². The zero-order valence-electron chi connectivity index (χ0n) is 12.4. The molecule has 1 aromatic carbocycles. The summed E-state index contributed by atoms with van der Waals surface area (Å²) in [6, 6.07) is 6.95. The quantitative estimate of drug-likeness (QED) is 0.440. The van der Waals surface area contributed by atoms with E-state index in [0.29, 0.717) is 6.04 Å². The van der Waals surface area contributed by atoms with Gasteiger partial charge >= 0.3 is 0 Å². The van der Waals surface area contributed by atoms with Crippen molar-refractivity contribution in [1.29, 1.82) is 0 Å². The molecule has 2 rings (SSSR count). The van der Waals surface area contributed by atoms with Crippen LogP contribution in [0.25, 0.3) is 0 Å². The molecule has 0 radical (unpaired) electrons. The van der Waals surface area contributed by atoms with Crippen molar-refractivity contribution < 1.29 is 0 Å². The predicted octanol–water partition coefficient (Wildman–Crippen LogP) is 2.82. The third-order valence-electron chi connectivity index (χ3n) is 3.86. The summed E-state index contributed by atoms with van der Waals surface area (Å²) in [6.07, 6.45) is 5.09. The van der Waals surface area contributed by atoms with E-state index >= 15 is 0 Å². The number of unbranched alkanes of at least 4 members (excludes halogenated alkanes) is 1. The summed E-state index contributed by atoms with van der Waals surface area (Å²) in [6.45, 7) is 6.60. The Hall–Kier alpha value is -0.710. The Bertz CT molecular complexity index is 403. The van der Waals surface area contributed by atoms with E-state index in [4.69, 9.17) is 0 Å². The van der Waals surface area contributed by atoms with Crippen LogP contribution in [0.15, 0.2) is 23.1 Å². The third-order valence-corrected chi connectivity index (χ3v) is 4.14. The van der Waals surface area contributed by atoms with Gasteiger partial charge in [-0.15, -0.1) is 12.6 Å². The minimum absolute atomic E-state index is 0.704. The van der Waals surface area contributed by atoms with E-state index in [1.54, 1.807) is 0 Å². The lowest BCUT2D eigenvalue weighted by atomic mass is 10.2. The van der Waals surface area contributed by atoms with Crippen LogP contribution >= 0.6 is 12.6 Å². The average molecular weight is 293 g/mol. The van der Waals surface area contributed by atoms with Crippen LogP contribution < -0.4 is 16.0 Å². The average Bonchev–Trinajstić information content (AvgIpc) is 2.93. The second-order valence-corrected chi connectivity index (χ2v) is 6.15. The van der Waals surface area contributed by atoms with Gasteiger partial charge in [-0.1, -0.05) is 0 Å². The Morgan fingerprint density at radius 1 is 1.30 bits per heavy atom. The first-order valence-corrected chi connectivity index (χ1v) is 8.18. The Morgan fingerprint density at radius 2 is 2.15 bits per heavy atom. The third kappa shape index (κ3) is 5.35. The van der Waals surface area contributed by atoms with Crippen molar-refractivity contribution in [3.05, 3.63) is 23.8 Å². The van der Waals surface area contributed by atoms with Crippen LogP contribution in [0.1, 0.15) is 31.2 Å². The van der Waals surface area contributed by atoms with Crippen molar-refractivity contribution in [2.24, 2.45) is 0 Å². The highest BCUT2D eigenvalue weighted by atomic mass is 32.1. The van der Waals surface area contributed by atoms with Gasteiger partial charge in [0, 0.05) is 29.7 Å². The summed E-state index contributed by atoms with van der Waals surface area (Å²) in [7, 11) is 0. The highest BCUT2D eigenvalue weighted by Gasteiger charge is 2.12. The molecule has 0 aromatic heterocycles. The van der Waals surface area contributed by atoms with E-state index < -0.39 is 0 Å². The summed E-state index contributed by atoms with van der Waals surface area (Å²) in [5.74, 6) is 0. The molecular weight excluding hydrogens is 266 g/mol. The first kappa shape index (κ1) is 15.7. The molecule has 1 aliphatic heterocycles. The summed E-state index contributed by atoms with van der Waals surface area (Å²) in [4.78, 5) is 1.03. The van der Waals surface area contributed by atoms with Gasteiger partial charge in [0.1, 0.15) is 0 Å². The second kappa shape index (κ2) is 8.55. The van der Waals surface area contributed by atoms with Crippen LogP contribution in [0.3, 0.4) is 0 Å². The Morgan fingerprint density at radius 3 is 2.90 bits per heavy atom. The van der Waals surface area contributed by atoms with E-state index in [1.165, 1.54) is 43.5 Å². The van der Waals surface area contributed by atoms with E-state index in [2.05, 4.69) is 47.6 Å². The largest absolute Gasteiger partial charge is 0.385 e. The number of aryl methyl sites for hydroxylation is 1. The molecule has 1 atom stereocenters. The van der Waals surface area contributed by atoms with Crippen LogP contribution in [0.2, 0.25) is 0 Å². The van der Waals surface area contributed by atoms with Gasteiger partial charge in [0.2, 0.25) is 0 Å². The van der Waals surface area contributed by atoms with Crippen molar-refractivity contribution in [2.45, 2.75) is 43.5 Å². The van der Waals surface area contributed by atoms with E-state index in [9.17, 15) is 0 Å². The molecule has 1 aliphatic rings. The highest BCUT2D eigenvalue weighted by molar-refractivity contribution is 7.80. The Kier molecular flexibility index (Phi) is 6.70. The molecule has 0 aliphatic carbocycles. The first-order valence-electron chi connectivity index (χ1n) is 7.73. The van der Waals surface area contributed by atoms with Crippen molar-refractivity contribution in [3.63, 3.8) is 0 Å². The normalized spacial score (nSPS) is 18.4. The van der Waals surface area contributed by atoms with Gasteiger partial charge < -0.3 is 16.0 Å². The molecule has 3 nitrogen and oxygen atoms in total. The SMILES string of the molecule is Cc1cc(S)ccc1NCCCCNC[C@@H]1CCCN1. The van der Waals surface area contributed by atoms with E-state index in [0.717, 1.165) is 24.5 Å². The lowest BCUT2D eigenvalue weighted by Crippen LogP contribution is -2.34. The lowest BCUT2D eigenvalue weighted by molar-refractivity contribution is 0.526. The van der Waals surface area contributed by atoms with Crippen LogP contribution in [-0.4, -0.2) is 32.2 Å². The van der Waals surface area contributed by atoms with Crippen molar-refractivity contribution in [3.8, 4) is 0 Å². The molecule has 20 heavy (non-hydrogen) atoms. The maximum Gasteiger partial charge on any atom is 0.0370 e. The number of rotatable bonds is 8.